The van der Waals surface area contributed by atoms with Gasteiger partial charge in [0.1, 0.15) is 0 Å². The van der Waals surface area contributed by atoms with E-state index in [0.29, 0.717) is 23.8 Å². The summed E-state index contributed by atoms with van der Waals surface area (Å²) in [5.41, 5.74) is 1.93. The molecule has 1 rings (SSSR count). The maximum atomic E-state index is 11.9. The lowest BCUT2D eigenvalue weighted by atomic mass is 9.96. The monoisotopic (exact) mass is 272 g/mol. The number of ketones is 1. The maximum absolute atomic E-state index is 11.9. The molecule has 0 N–H and O–H groups in total. The summed E-state index contributed by atoms with van der Waals surface area (Å²) in [5.74, 6) is 0.891. The summed E-state index contributed by atoms with van der Waals surface area (Å²) in [7, 11) is 0. The molecule has 94 valence electrons. The van der Waals surface area contributed by atoms with Gasteiger partial charge in [-0.3, -0.25) is 4.79 Å². The molecule has 0 saturated carbocycles. The third-order valence-corrected chi connectivity index (χ3v) is 3.66. The standard InChI is InChI=1S/C14H18Cl2O/c1-3-10(2)11-4-6-12(7-5-11)14(17)13(16)8-9-15/h4-7,10,13H,3,8-9H2,1-2H3. The van der Waals surface area contributed by atoms with Crippen molar-refractivity contribution in [1.29, 1.82) is 0 Å². The van der Waals surface area contributed by atoms with Gasteiger partial charge in [0.25, 0.3) is 0 Å². The van der Waals surface area contributed by atoms with Gasteiger partial charge in [0.2, 0.25) is 0 Å². The van der Waals surface area contributed by atoms with Gasteiger partial charge in [-0.05, 0) is 24.3 Å². The Labute approximate surface area is 113 Å². The molecule has 0 aliphatic heterocycles. The zero-order valence-electron chi connectivity index (χ0n) is 10.2. The van der Waals surface area contributed by atoms with E-state index in [1.54, 1.807) is 0 Å². The lowest BCUT2D eigenvalue weighted by Crippen LogP contribution is -2.15. The fraction of sp³-hybridized carbons (Fsp3) is 0.500. The van der Waals surface area contributed by atoms with E-state index in [2.05, 4.69) is 13.8 Å². The Morgan fingerprint density at radius 2 is 1.88 bits per heavy atom. The van der Waals surface area contributed by atoms with E-state index in [-0.39, 0.29) is 5.78 Å². The predicted molar refractivity (Wildman–Crippen MR) is 74.5 cm³/mol. The first-order valence-corrected chi connectivity index (χ1v) is 6.91. The van der Waals surface area contributed by atoms with Crippen molar-refractivity contribution >= 4 is 29.0 Å². The Balaban J connectivity index is 2.77. The van der Waals surface area contributed by atoms with Crippen LogP contribution in [-0.4, -0.2) is 17.0 Å². The molecule has 0 aromatic heterocycles. The minimum Gasteiger partial charge on any atom is -0.293 e. The lowest BCUT2D eigenvalue weighted by molar-refractivity contribution is 0.0986. The first kappa shape index (κ1) is 14.5. The zero-order valence-corrected chi connectivity index (χ0v) is 11.8. The van der Waals surface area contributed by atoms with Crippen LogP contribution in [0.15, 0.2) is 24.3 Å². The Kier molecular flexibility index (Phi) is 6.01. The van der Waals surface area contributed by atoms with Crippen molar-refractivity contribution in [2.75, 3.05) is 5.88 Å². The first-order chi connectivity index (χ1) is 8.10. The topological polar surface area (TPSA) is 17.1 Å². The van der Waals surface area contributed by atoms with Gasteiger partial charge in [-0.25, -0.2) is 0 Å². The predicted octanol–water partition coefficient (Wildman–Crippen LogP) is 4.62. The van der Waals surface area contributed by atoms with Crippen molar-refractivity contribution in [2.24, 2.45) is 0 Å². The van der Waals surface area contributed by atoms with Gasteiger partial charge in [0.05, 0.1) is 5.38 Å². The summed E-state index contributed by atoms with van der Waals surface area (Å²) in [6.45, 7) is 4.33. The van der Waals surface area contributed by atoms with Gasteiger partial charge in [-0.2, -0.15) is 0 Å². The number of hydrogen-bond acceptors (Lipinski definition) is 1. The number of carbonyl (C=O) groups is 1. The van der Waals surface area contributed by atoms with E-state index in [9.17, 15) is 4.79 Å². The molecular formula is C14H18Cl2O. The minimum absolute atomic E-state index is 0.0389. The molecule has 0 spiro atoms. The number of alkyl halides is 2. The van der Waals surface area contributed by atoms with E-state index < -0.39 is 5.38 Å². The molecule has 3 heteroatoms. The molecule has 1 aromatic rings. The summed E-state index contributed by atoms with van der Waals surface area (Å²) >= 11 is 11.5. The van der Waals surface area contributed by atoms with E-state index in [1.807, 2.05) is 24.3 Å². The van der Waals surface area contributed by atoms with Crippen LogP contribution in [0, 0.1) is 0 Å². The number of carbonyl (C=O) groups excluding carboxylic acids is 1. The number of halogens is 2. The third kappa shape index (κ3) is 4.01. The van der Waals surface area contributed by atoms with E-state index in [1.165, 1.54) is 5.56 Å². The Morgan fingerprint density at radius 3 is 2.35 bits per heavy atom. The average molecular weight is 273 g/mol. The lowest BCUT2D eigenvalue weighted by Gasteiger charge is -2.10. The molecule has 0 heterocycles. The van der Waals surface area contributed by atoms with Crippen LogP contribution in [0.1, 0.15) is 48.5 Å². The van der Waals surface area contributed by atoms with Crippen LogP contribution in [0.4, 0.5) is 0 Å². The smallest absolute Gasteiger partial charge is 0.180 e. The van der Waals surface area contributed by atoms with E-state index in [4.69, 9.17) is 23.2 Å². The summed E-state index contributed by atoms with van der Waals surface area (Å²) in [4.78, 5) is 11.9. The summed E-state index contributed by atoms with van der Waals surface area (Å²) in [6.07, 6.45) is 1.60. The first-order valence-electron chi connectivity index (χ1n) is 5.94. The SMILES string of the molecule is CCC(C)c1ccc(C(=O)C(Cl)CCCl)cc1. The van der Waals surface area contributed by atoms with Crippen LogP contribution in [0.5, 0.6) is 0 Å². The molecule has 1 nitrogen and oxygen atoms in total. The maximum Gasteiger partial charge on any atom is 0.180 e. The second-order valence-electron chi connectivity index (χ2n) is 4.24. The molecule has 0 fully saturated rings. The van der Waals surface area contributed by atoms with Crippen LogP contribution in [0.25, 0.3) is 0 Å². The fourth-order valence-corrected chi connectivity index (χ4v) is 2.18. The van der Waals surface area contributed by atoms with Crippen molar-refractivity contribution in [3.63, 3.8) is 0 Å². The molecule has 0 amide bonds. The average Bonchev–Trinajstić information content (AvgIpc) is 2.37. The molecule has 0 saturated heterocycles. The van der Waals surface area contributed by atoms with Crippen LogP contribution < -0.4 is 0 Å². The van der Waals surface area contributed by atoms with Gasteiger partial charge in [0.15, 0.2) is 5.78 Å². The molecular weight excluding hydrogens is 255 g/mol. The van der Waals surface area contributed by atoms with Crippen LogP contribution >= 0.6 is 23.2 Å². The van der Waals surface area contributed by atoms with Crippen molar-refractivity contribution < 1.29 is 4.79 Å². The van der Waals surface area contributed by atoms with E-state index in [0.717, 1.165) is 6.42 Å². The van der Waals surface area contributed by atoms with Gasteiger partial charge >= 0.3 is 0 Å². The van der Waals surface area contributed by atoms with Crippen molar-refractivity contribution in [1.82, 2.24) is 0 Å². The number of benzene rings is 1. The summed E-state index contributed by atoms with van der Waals surface area (Å²) in [5, 5.41) is -0.512. The third-order valence-electron chi connectivity index (χ3n) is 3.02. The molecule has 0 radical (unpaired) electrons. The highest BCUT2D eigenvalue weighted by molar-refractivity contribution is 6.34. The number of rotatable bonds is 6. The molecule has 17 heavy (non-hydrogen) atoms. The zero-order chi connectivity index (χ0) is 12.8. The summed E-state index contributed by atoms with van der Waals surface area (Å²) in [6, 6.07) is 7.72. The van der Waals surface area contributed by atoms with Gasteiger partial charge in [0, 0.05) is 11.4 Å². The molecule has 0 aliphatic carbocycles. The Morgan fingerprint density at radius 1 is 1.29 bits per heavy atom. The summed E-state index contributed by atoms with van der Waals surface area (Å²) < 4.78 is 0. The molecule has 2 unspecified atom stereocenters. The fourth-order valence-electron chi connectivity index (χ4n) is 1.62. The Hall–Kier alpha value is -0.530. The molecule has 1 aromatic carbocycles. The van der Waals surface area contributed by atoms with Crippen molar-refractivity contribution in [2.45, 2.75) is 38.0 Å². The van der Waals surface area contributed by atoms with Gasteiger partial charge in [-0.1, -0.05) is 38.1 Å². The van der Waals surface area contributed by atoms with Crippen molar-refractivity contribution in [3.05, 3.63) is 35.4 Å². The quantitative estimate of drug-likeness (QED) is 0.546. The largest absolute Gasteiger partial charge is 0.293 e. The van der Waals surface area contributed by atoms with Crippen molar-refractivity contribution in [3.8, 4) is 0 Å². The number of Topliss-reactive ketones (excluding diaryl/α,β-unsaturated/α-hetero) is 1. The molecule has 0 aliphatic rings. The minimum atomic E-state index is -0.512. The van der Waals surface area contributed by atoms with E-state index >= 15 is 0 Å². The number of hydrogen-bond donors (Lipinski definition) is 0. The molecule has 0 bridgehead atoms. The highest BCUT2D eigenvalue weighted by Gasteiger charge is 2.16. The second-order valence-corrected chi connectivity index (χ2v) is 5.15. The Bertz CT molecular complexity index is 359. The van der Waals surface area contributed by atoms with Crippen LogP contribution in [0.2, 0.25) is 0 Å². The normalized spacial score (nSPS) is 14.4. The highest BCUT2D eigenvalue weighted by atomic mass is 35.5. The van der Waals surface area contributed by atoms with Gasteiger partial charge in [-0.15, -0.1) is 23.2 Å². The van der Waals surface area contributed by atoms with Crippen LogP contribution in [-0.2, 0) is 0 Å². The van der Waals surface area contributed by atoms with Crippen LogP contribution in [0.3, 0.4) is 0 Å². The molecule has 2 atom stereocenters. The van der Waals surface area contributed by atoms with Gasteiger partial charge < -0.3 is 0 Å². The second kappa shape index (κ2) is 7.03. The highest BCUT2D eigenvalue weighted by Crippen LogP contribution is 2.20.